The van der Waals surface area contributed by atoms with Crippen molar-refractivity contribution in [1.82, 2.24) is 0 Å². The van der Waals surface area contributed by atoms with Crippen LogP contribution in [0.1, 0.15) is 36.0 Å². The molecule has 0 unspecified atom stereocenters. The average molecular weight is 282 g/mol. The van der Waals surface area contributed by atoms with Crippen LogP contribution in [-0.2, 0) is 4.74 Å². The number of hydrogen-bond acceptors (Lipinski definition) is 5. The summed E-state index contributed by atoms with van der Waals surface area (Å²) in [4.78, 5) is 11.9. The van der Waals surface area contributed by atoms with Crippen LogP contribution < -0.4 is 9.47 Å². The van der Waals surface area contributed by atoms with Gasteiger partial charge in [-0.3, -0.25) is 0 Å². The number of carbonyl (C=O) groups is 1. The maximum Gasteiger partial charge on any atom is 0.338 e. The Bertz CT molecular complexity index is 394. The SMILES string of the molecule is COc1cc(OC)cc(C(=O)OCCCCCCO)c1. The molecule has 5 heteroatoms. The van der Waals surface area contributed by atoms with Gasteiger partial charge in [-0.2, -0.15) is 0 Å². The third-order valence-corrected chi connectivity index (χ3v) is 2.87. The Balaban J connectivity index is 2.46. The van der Waals surface area contributed by atoms with Crippen LogP contribution in [0.5, 0.6) is 11.5 Å². The largest absolute Gasteiger partial charge is 0.497 e. The molecule has 0 fully saturated rings. The molecule has 0 atom stereocenters. The van der Waals surface area contributed by atoms with Crippen molar-refractivity contribution in [2.75, 3.05) is 27.4 Å². The van der Waals surface area contributed by atoms with Crippen LogP contribution in [0.4, 0.5) is 0 Å². The molecule has 1 aromatic rings. The highest BCUT2D eigenvalue weighted by atomic mass is 16.5. The van der Waals surface area contributed by atoms with E-state index in [-0.39, 0.29) is 12.6 Å². The molecule has 1 aromatic carbocycles. The minimum Gasteiger partial charge on any atom is -0.497 e. The highest BCUT2D eigenvalue weighted by molar-refractivity contribution is 5.90. The fourth-order valence-corrected chi connectivity index (χ4v) is 1.74. The van der Waals surface area contributed by atoms with Gasteiger partial charge in [0.15, 0.2) is 0 Å². The molecule has 0 aliphatic heterocycles. The van der Waals surface area contributed by atoms with Gasteiger partial charge in [0.2, 0.25) is 0 Å². The first kappa shape index (κ1) is 16.3. The second kappa shape index (κ2) is 9.20. The maximum absolute atomic E-state index is 11.9. The van der Waals surface area contributed by atoms with Crippen molar-refractivity contribution in [1.29, 1.82) is 0 Å². The fourth-order valence-electron chi connectivity index (χ4n) is 1.74. The summed E-state index contributed by atoms with van der Waals surface area (Å²) in [6, 6.07) is 4.94. The molecule has 0 spiro atoms. The second-order valence-corrected chi connectivity index (χ2v) is 4.38. The number of hydrogen-bond donors (Lipinski definition) is 1. The molecule has 0 amide bonds. The Morgan fingerprint density at radius 1 is 1.00 bits per heavy atom. The zero-order valence-corrected chi connectivity index (χ0v) is 12.1. The quantitative estimate of drug-likeness (QED) is 0.556. The van der Waals surface area contributed by atoms with Crippen molar-refractivity contribution in [2.24, 2.45) is 0 Å². The molecule has 0 saturated carbocycles. The van der Waals surface area contributed by atoms with E-state index in [1.807, 2.05) is 0 Å². The van der Waals surface area contributed by atoms with Gasteiger partial charge in [0.25, 0.3) is 0 Å². The van der Waals surface area contributed by atoms with Crippen LogP contribution in [0.3, 0.4) is 0 Å². The predicted molar refractivity (Wildman–Crippen MR) is 75.4 cm³/mol. The number of benzene rings is 1. The molecule has 0 saturated heterocycles. The summed E-state index contributed by atoms with van der Waals surface area (Å²) in [5, 5.41) is 8.65. The molecule has 0 heterocycles. The standard InChI is InChI=1S/C15H22O5/c1-18-13-9-12(10-14(11-13)19-2)15(17)20-8-6-4-3-5-7-16/h9-11,16H,3-8H2,1-2H3. The van der Waals surface area contributed by atoms with E-state index in [0.717, 1.165) is 25.7 Å². The molecule has 0 aliphatic rings. The third kappa shape index (κ3) is 5.48. The molecule has 20 heavy (non-hydrogen) atoms. The van der Waals surface area contributed by atoms with Crippen molar-refractivity contribution < 1.29 is 24.1 Å². The van der Waals surface area contributed by atoms with Gasteiger partial charge in [-0.1, -0.05) is 6.42 Å². The molecule has 0 bridgehead atoms. The Morgan fingerprint density at radius 2 is 1.60 bits per heavy atom. The number of methoxy groups -OCH3 is 2. The zero-order chi connectivity index (χ0) is 14.8. The monoisotopic (exact) mass is 282 g/mol. The Morgan fingerprint density at radius 3 is 2.15 bits per heavy atom. The van der Waals surface area contributed by atoms with E-state index >= 15 is 0 Å². The minimum absolute atomic E-state index is 0.212. The van der Waals surface area contributed by atoms with Crippen molar-refractivity contribution in [3.63, 3.8) is 0 Å². The number of ether oxygens (including phenoxy) is 3. The third-order valence-electron chi connectivity index (χ3n) is 2.87. The zero-order valence-electron chi connectivity index (χ0n) is 12.1. The molecule has 112 valence electrons. The highest BCUT2D eigenvalue weighted by Crippen LogP contribution is 2.23. The molecule has 5 nitrogen and oxygen atoms in total. The number of esters is 1. The van der Waals surface area contributed by atoms with Gasteiger partial charge in [0, 0.05) is 12.7 Å². The molecule has 1 N–H and O–H groups in total. The minimum atomic E-state index is -0.385. The van der Waals surface area contributed by atoms with Crippen LogP contribution in [0.2, 0.25) is 0 Å². The van der Waals surface area contributed by atoms with Crippen LogP contribution in [-0.4, -0.2) is 38.5 Å². The second-order valence-electron chi connectivity index (χ2n) is 4.38. The highest BCUT2D eigenvalue weighted by Gasteiger charge is 2.10. The molecular weight excluding hydrogens is 260 g/mol. The van der Waals surface area contributed by atoms with E-state index in [4.69, 9.17) is 19.3 Å². The van der Waals surface area contributed by atoms with Crippen LogP contribution in [0, 0.1) is 0 Å². The summed E-state index contributed by atoms with van der Waals surface area (Å²) in [7, 11) is 3.07. The smallest absolute Gasteiger partial charge is 0.338 e. The lowest BCUT2D eigenvalue weighted by Crippen LogP contribution is -2.07. The lowest BCUT2D eigenvalue weighted by Gasteiger charge is -2.08. The first-order valence-corrected chi connectivity index (χ1v) is 6.72. The summed E-state index contributed by atoms with van der Waals surface area (Å²) in [6.45, 7) is 0.590. The van der Waals surface area contributed by atoms with Gasteiger partial charge in [0.1, 0.15) is 11.5 Å². The maximum atomic E-state index is 11.9. The normalized spacial score (nSPS) is 10.2. The van der Waals surface area contributed by atoms with Crippen LogP contribution >= 0.6 is 0 Å². The van der Waals surface area contributed by atoms with Gasteiger partial charge in [-0.05, 0) is 31.4 Å². The predicted octanol–water partition coefficient (Wildman–Crippen LogP) is 2.41. The van der Waals surface area contributed by atoms with Gasteiger partial charge in [-0.25, -0.2) is 4.79 Å². The topological polar surface area (TPSA) is 65.0 Å². The van der Waals surface area contributed by atoms with Gasteiger partial charge < -0.3 is 19.3 Å². The Labute approximate surface area is 119 Å². The van der Waals surface area contributed by atoms with E-state index in [2.05, 4.69) is 0 Å². The molecule has 0 aliphatic carbocycles. The fraction of sp³-hybridized carbons (Fsp3) is 0.533. The lowest BCUT2D eigenvalue weighted by molar-refractivity contribution is 0.0496. The van der Waals surface area contributed by atoms with E-state index in [1.165, 1.54) is 14.2 Å². The number of aliphatic hydroxyl groups excluding tert-OH is 1. The van der Waals surface area contributed by atoms with Gasteiger partial charge in [0.05, 0.1) is 26.4 Å². The summed E-state index contributed by atoms with van der Waals surface area (Å²) >= 11 is 0. The first-order valence-electron chi connectivity index (χ1n) is 6.72. The number of aliphatic hydroxyl groups is 1. The van der Waals surface area contributed by atoms with Crippen molar-refractivity contribution in [3.05, 3.63) is 23.8 Å². The van der Waals surface area contributed by atoms with Crippen molar-refractivity contribution >= 4 is 5.97 Å². The van der Waals surface area contributed by atoms with Crippen molar-refractivity contribution in [2.45, 2.75) is 25.7 Å². The van der Waals surface area contributed by atoms with Crippen LogP contribution in [0.25, 0.3) is 0 Å². The average Bonchev–Trinajstić information content (AvgIpc) is 2.49. The van der Waals surface area contributed by atoms with E-state index in [1.54, 1.807) is 18.2 Å². The summed E-state index contributed by atoms with van der Waals surface area (Å²) in [6.07, 6.45) is 3.48. The summed E-state index contributed by atoms with van der Waals surface area (Å²) < 4.78 is 15.4. The Hall–Kier alpha value is -1.75. The number of rotatable bonds is 9. The lowest BCUT2D eigenvalue weighted by atomic mass is 10.2. The van der Waals surface area contributed by atoms with E-state index in [9.17, 15) is 4.79 Å². The number of carbonyl (C=O) groups excluding carboxylic acids is 1. The molecule has 0 aromatic heterocycles. The summed E-state index contributed by atoms with van der Waals surface area (Å²) in [5.74, 6) is 0.725. The van der Waals surface area contributed by atoms with E-state index in [0.29, 0.717) is 23.7 Å². The van der Waals surface area contributed by atoms with E-state index < -0.39 is 0 Å². The van der Waals surface area contributed by atoms with Gasteiger partial charge in [-0.15, -0.1) is 0 Å². The van der Waals surface area contributed by atoms with Crippen molar-refractivity contribution in [3.8, 4) is 11.5 Å². The van der Waals surface area contributed by atoms with Gasteiger partial charge >= 0.3 is 5.97 Å². The molecule has 1 rings (SSSR count). The molecule has 0 radical (unpaired) electrons. The van der Waals surface area contributed by atoms with Crippen LogP contribution in [0.15, 0.2) is 18.2 Å². The summed E-state index contributed by atoms with van der Waals surface area (Å²) in [5.41, 5.74) is 0.413. The Kier molecular flexibility index (Phi) is 7.50. The molecular formula is C15H22O5. The first-order chi connectivity index (χ1) is 9.71. The number of unbranched alkanes of at least 4 members (excludes halogenated alkanes) is 3.